The zero-order valence-corrected chi connectivity index (χ0v) is 17.9. The average molecular weight is 428 g/mol. The van der Waals surface area contributed by atoms with Crippen LogP contribution in [0.15, 0.2) is 28.2 Å². The van der Waals surface area contributed by atoms with Gasteiger partial charge >= 0.3 is 0 Å². The van der Waals surface area contributed by atoms with Crippen molar-refractivity contribution < 1.29 is 9.47 Å². The van der Waals surface area contributed by atoms with Crippen molar-refractivity contribution in [1.82, 2.24) is 14.4 Å². The largest absolute Gasteiger partial charge is 0.454 e. The molecule has 1 aliphatic heterocycles. The van der Waals surface area contributed by atoms with E-state index in [1.807, 2.05) is 51.0 Å². The number of nitrogens with zero attached hydrogens (tertiary/aromatic N) is 5. The van der Waals surface area contributed by atoms with Gasteiger partial charge in [0.05, 0.1) is 5.69 Å². The van der Waals surface area contributed by atoms with E-state index in [9.17, 15) is 0 Å². The maximum Gasteiger partial charge on any atom is 0.231 e. The van der Waals surface area contributed by atoms with Crippen molar-refractivity contribution in [2.24, 2.45) is 9.98 Å². The molecule has 0 bridgehead atoms. The predicted octanol–water partition coefficient (Wildman–Crippen LogP) is 1.82. The van der Waals surface area contributed by atoms with Crippen LogP contribution in [0.1, 0.15) is 0 Å². The molecule has 1 aromatic carbocycles. The average Bonchev–Trinajstić information content (AvgIpc) is 3.20. The molecule has 0 saturated carbocycles. The molecule has 0 saturated heterocycles. The van der Waals surface area contributed by atoms with Gasteiger partial charge in [0.25, 0.3) is 0 Å². The first-order valence-corrected chi connectivity index (χ1v) is 10.5. The van der Waals surface area contributed by atoms with Gasteiger partial charge in [-0.2, -0.15) is 9.98 Å². The lowest BCUT2D eigenvalue weighted by atomic mass is 10.3. The van der Waals surface area contributed by atoms with Crippen LogP contribution < -0.4 is 19.1 Å². The van der Waals surface area contributed by atoms with Crippen LogP contribution in [-0.2, 0) is 0 Å². The molecule has 0 aliphatic carbocycles. The molecule has 2 aromatic rings. The molecule has 2 heterocycles. The summed E-state index contributed by atoms with van der Waals surface area (Å²) >= 11 is 10.7. The molecule has 0 N–H and O–H groups in total. The van der Waals surface area contributed by atoms with Crippen LogP contribution in [0.5, 0.6) is 11.5 Å². The Morgan fingerprint density at radius 1 is 0.962 bits per heavy atom. The van der Waals surface area contributed by atoms with Crippen LogP contribution >= 0.6 is 45.1 Å². The van der Waals surface area contributed by atoms with Crippen LogP contribution in [0.3, 0.4) is 0 Å². The van der Waals surface area contributed by atoms with Crippen molar-refractivity contribution in [1.29, 1.82) is 0 Å². The maximum absolute atomic E-state index is 5.50. The Balaban J connectivity index is 2.21. The molecular weight excluding hydrogens is 410 g/mol. The van der Waals surface area contributed by atoms with Gasteiger partial charge in [-0.3, -0.25) is 4.57 Å². The standard InChI is InChI=1S/C15H17N5O2S4/c1-18(2)12(23)16-14-20(15(26-25-14)17-13(24)19(3)4)9-5-6-10-11(7-9)22-8-21-10/h5-7H,8H2,1-4H3. The number of benzene rings is 1. The Kier molecular flexibility index (Phi) is 5.70. The lowest BCUT2D eigenvalue weighted by molar-refractivity contribution is 0.174. The molecule has 0 spiro atoms. The highest BCUT2D eigenvalue weighted by Gasteiger charge is 2.16. The van der Waals surface area contributed by atoms with E-state index in [1.54, 1.807) is 9.80 Å². The quantitative estimate of drug-likeness (QED) is 0.511. The Labute approximate surface area is 168 Å². The molecule has 11 heteroatoms. The number of ether oxygens (including phenoxy) is 2. The van der Waals surface area contributed by atoms with E-state index in [2.05, 4.69) is 9.98 Å². The second-order valence-electron chi connectivity index (χ2n) is 5.68. The van der Waals surface area contributed by atoms with Gasteiger partial charge in [0.15, 0.2) is 21.7 Å². The third-order valence-corrected chi connectivity index (χ3v) is 6.32. The second-order valence-corrected chi connectivity index (χ2v) is 8.48. The Morgan fingerprint density at radius 2 is 1.50 bits per heavy atom. The molecule has 0 atom stereocenters. The fourth-order valence-corrected chi connectivity index (χ4v) is 4.37. The molecule has 7 nitrogen and oxygen atoms in total. The number of hydrogen-bond acceptors (Lipinski definition) is 6. The fourth-order valence-electron chi connectivity index (χ4n) is 1.98. The van der Waals surface area contributed by atoms with Gasteiger partial charge in [0, 0.05) is 34.3 Å². The van der Waals surface area contributed by atoms with Crippen LogP contribution in [0.2, 0.25) is 0 Å². The van der Waals surface area contributed by atoms with Gasteiger partial charge in [0.2, 0.25) is 16.4 Å². The first-order chi connectivity index (χ1) is 12.4. The Bertz CT molecular complexity index is 937. The molecule has 1 aliphatic rings. The van der Waals surface area contributed by atoms with Gasteiger partial charge < -0.3 is 19.3 Å². The minimum Gasteiger partial charge on any atom is -0.454 e. The van der Waals surface area contributed by atoms with Gasteiger partial charge in [-0.05, 0) is 57.2 Å². The summed E-state index contributed by atoms with van der Waals surface area (Å²) in [5.74, 6) is 1.41. The lowest BCUT2D eigenvalue weighted by Crippen LogP contribution is -2.29. The van der Waals surface area contributed by atoms with Gasteiger partial charge in [-0.1, -0.05) is 0 Å². The monoisotopic (exact) mass is 427 g/mol. The molecule has 0 amide bonds. The van der Waals surface area contributed by atoms with Crippen LogP contribution in [0, 0.1) is 0 Å². The highest BCUT2D eigenvalue weighted by molar-refractivity contribution is 7.80. The van der Waals surface area contributed by atoms with Crippen LogP contribution in [0.25, 0.3) is 5.69 Å². The van der Waals surface area contributed by atoms with E-state index < -0.39 is 0 Å². The van der Waals surface area contributed by atoms with Crippen molar-refractivity contribution in [3.8, 4) is 17.2 Å². The third kappa shape index (κ3) is 3.95. The zero-order valence-electron chi connectivity index (χ0n) is 14.6. The van der Waals surface area contributed by atoms with Gasteiger partial charge in [0.1, 0.15) is 0 Å². The summed E-state index contributed by atoms with van der Waals surface area (Å²) in [5.41, 5.74) is 0.854. The molecule has 0 fully saturated rings. The predicted molar refractivity (Wildman–Crippen MR) is 111 cm³/mol. The summed E-state index contributed by atoms with van der Waals surface area (Å²) in [6.07, 6.45) is 0. The number of hydrogen-bond donors (Lipinski definition) is 0. The maximum atomic E-state index is 5.50. The van der Waals surface area contributed by atoms with E-state index in [0.29, 0.717) is 25.6 Å². The fraction of sp³-hybridized carbons (Fsp3) is 0.333. The smallest absolute Gasteiger partial charge is 0.231 e. The molecule has 138 valence electrons. The first-order valence-electron chi connectivity index (χ1n) is 7.51. The first kappa shape index (κ1) is 19.0. The van der Waals surface area contributed by atoms with E-state index in [4.69, 9.17) is 33.9 Å². The molecular formula is C15H17N5O2S4. The van der Waals surface area contributed by atoms with Crippen LogP contribution in [-0.4, -0.2) is 59.6 Å². The summed E-state index contributed by atoms with van der Waals surface area (Å²) in [4.78, 5) is 14.1. The Morgan fingerprint density at radius 3 is 2.04 bits per heavy atom. The molecule has 0 radical (unpaired) electrons. The molecule has 26 heavy (non-hydrogen) atoms. The van der Waals surface area contributed by atoms with E-state index in [0.717, 1.165) is 11.4 Å². The van der Waals surface area contributed by atoms with Crippen molar-refractivity contribution in [2.75, 3.05) is 35.0 Å². The van der Waals surface area contributed by atoms with Crippen molar-refractivity contribution in [3.63, 3.8) is 0 Å². The zero-order chi connectivity index (χ0) is 18.8. The van der Waals surface area contributed by atoms with Crippen molar-refractivity contribution in [2.45, 2.75) is 0 Å². The summed E-state index contributed by atoms with van der Waals surface area (Å²) in [6, 6.07) is 5.70. The van der Waals surface area contributed by atoms with Crippen LogP contribution in [0.4, 0.5) is 0 Å². The summed E-state index contributed by atoms with van der Waals surface area (Å²) < 4.78 is 12.8. The number of rotatable bonds is 1. The molecule has 0 unspecified atom stereocenters. The lowest BCUT2D eigenvalue weighted by Gasteiger charge is -2.10. The summed E-state index contributed by atoms with van der Waals surface area (Å²) in [5, 5.41) is 0.963. The SMILES string of the molecule is CN(C)C(=S)N=c1ssc(=NC(=S)N(C)C)n1-c1ccc2c(c1)OCO2. The van der Waals surface area contributed by atoms with Gasteiger partial charge in [-0.25, -0.2) is 0 Å². The summed E-state index contributed by atoms with van der Waals surface area (Å²) in [7, 11) is 10.4. The van der Waals surface area contributed by atoms with Crippen molar-refractivity contribution >= 4 is 55.3 Å². The number of aromatic nitrogens is 1. The molecule has 1 aromatic heterocycles. The minimum atomic E-state index is 0.222. The number of thiocarbonyl (C=S) groups is 2. The third-order valence-electron chi connectivity index (χ3n) is 3.34. The normalized spacial score (nSPS) is 13.8. The minimum absolute atomic E-state index is 0.222. The second kappa shape index (κ2) is 7.82. The topological polar surface area (TPSA) is 54.6 Å². The van der Waals surface area contributed by atoms with E-state index in [-0.39, 0.29) is 6.79 Å². The van der Waals surface area contributed by atoms with Gasteiger partial charge in [-0.15, -0.1) is 0 Å². The highest BCUT2D eigenvalue weighted by atomic mass is 32.9. The highest BCUT2D eigenvalue weighted by Crippen LogP contribution is 2.33. The van der Waals surface area contributed by atoms with Crippen molar-refractivity contribution in [3.05, 3.63) is 27.8 Å². The number of fused-ring (bicyclic) bond motifs is 1. The van der Waals surface area contributed by atoms with E-state index in [1.165, 1.54) is 20.7 Å². The Hall–Kier alpha value is -1.82. The molecule has 3 rings (SSSR count). The summed E-state index contributed by atoms with van der Waals surface area (Å²) in [6.45, 7) is 0.222. The van der Waals surface area contributed by atoms with E-state index >= 15 is 0 Å².